The average molecular weight is 543 g/mol. The van der Waals surface area contributed by atoms with Gasteiger partial charge in [-0.05, 0) is 74.4 Å². The van der Waals surface area contributed by atoms with Gasteiger partial charge in [0.05, 0.1) is 10.5 Å². The van der Waals surface area contributed by atoms with Crippen molar-refractivity contribution in [2.75, 3.05) is 19.6 Å². The van der Waals surface area contributed by atoms with E-state index in [0.717, 1.165) is 41.5 Å². The highest BCUT2D eigenvalue weighted by molar-refractivity contribution is 9.10. The van der Waals surface area contributed by atoms with Crippen LogP contribution in [0, 0.1) is 6.92 Å². The van der Waals surface area contributed by atoms with Crippen LogP contribution in [0.25, 0.3) is 6.08 Å². The van der Waals surface area contributed by atoms with Gasteiger partial charge in [0.2, 0.25) is 5.91 Å². The van der Waals surface area contributed by atoms with Crippen LogP contribution < -0.4 is 4.74 Å². The van der Waals surface area contributed by atoms with Gasteiger partial charge in [0, 0.05) is 23.1 Å². The summed E-state index contributed by atoms with van der Waals surface area (Å²) in [4.78, 5) is 53.5. The van der Waals surface area contributed by atoms with Crippen LogP contribution in [0.2, 0.25) is 0 Å². The van der Waals surface area contributed by atoms with Crippen LogP contribution in [0.15, 0.2) is 51.8 Å². The molecule has 2 heterocycles. The Morgan fingerprint density at radius 3 is 2.47 bits per heavy atom. The maximum absolute atomic E-state index is 12.9. The highest BCUT2D eigenvalue weighted by atomic mass is 79.9. The number of imide groups is 1. The lowest BCUT2D eigenvalue weighted by Gasteiger charge is -2.27. The molecule has 2 fully saturated rings. The lowest BCUT2D eigenvalue weighted by atomic mass is 10.1. The zero-order chi connectivity index (χ0) is 24.2. The Morgan fingerprint density at radius 2 is 1.76 bits per heavy atom. The van der Waals surface area contributed by atoms with Crippen molar-refractivity contribution in [2.45, 2.75) is 26.2 Å². The largest absolute Gasteiger partial charge is 0.422 e. The maximum Gasteiger partial charge on any atom is 0.343 e. The zero-order valence-corrected chi connectivity index (χ0v) is 21.0. The second-order valence-corrected chi connectivity index (χ2v) is 10.1. The van der Waals surface area contributed by atoms with Crippen LogP contribution >= 0.6 is 27.7 Å². The van der Waals surface area contributed by atoms with E-state index in [1.165, 1.54) is 6.08 Å². The van der Waals surface area contributed by atoms with Crippen molar-refractivity contribution < 1.29 is 23.9 Å². The number of rotatable bonds is 5. The summed E-state index contributed by atoms with van der Waals surface area (Å²) in [7, 11) is 0. The number of esters is 1. The lowest BCUT2D eigenvalue weighted by Crippen LogP contribution is -2.44. The summed E-state index contributed by atoms with van der Waals surface area (Å²) in [6.07, 6.45) is 4.46. The third-order valence-electron chi connectivity index (χ3n) is 5.62. The Kier molecular flexibility index (Phi) is 7.53. The topological polar surface area (TPSA) is 84.0 Å². The van der Waals surface area contributed by atoms with Crippen molar-refractivity contribution in [1.29, 1.82) is 0 Å². The summed E-state index contributed by atoms with van der Waals surface area (Å²) in [5, 5.41) is -0.491. The summed E-state index contributed by atoms with van der Waals surface area (Å²) < 4.78 is 6.30. The quantitative estimate of drug-likeness (QED) is 0.299. The fraction of sp³-hybridized carbons (Fsp3) is 0.280. The molecule has 34 heavy (non-hydrogen) atoms. The molecule has 2 aromatic carbocycles. The predicted octanol–water partition coefficient (Wildman–Crippen LogP) is 5.03. The van der Waals surface area contributed by atoms with Crippen molar-refractivity contribution in [3.63, 3.8) is 0 Å². The molecular weight excluding hydrogens is 520 g/mol. The van der Waals surface area contributed by atoms with Gasteiger partial charge in [-0.2, -0.15) is 0 Å². The first kappa shape index (κ1) is 24.2. The molecule has 4 rings (SSSR count). The molecule has 2 aliphatic rings. The molecule has 0 bridgehead atoms. The molecule has 3 amide bonds. The molecule has 9 heteroatoms. The Hall–Kier alpha value is -2.91. The number of ether oxygens (including phenoxy) is 1. The van der Waals surface area contributed by atoms with Gasteiger partial charge in [-0.1, -0.05) is 33.6 Å². The van der Waals surface area contributed by atoms with Gasteiger partial charge in [0.25, 0.3) is 11.1 Å². The van der Waals surface area contributed by atoms with E-state index < -0.39 is 17.1 Å². The highest BCUT2D eigenvalue weighted by Crippen LogP contribution is 2.35. The van der Waals surface area contributed by atoms with Crippen LogP contribution in [-0.2, 0) is 9.59 Å². The summed E-state index contributed by atoms with van der Waals surface area (Å²) in [5.74, 6) is -1.03. The number of carbonyl (C=O) groups excluding carboxylic acids is 4. The normalized spacial score (nSPS) is 17.4. The molecule has 176 valence electrons. The highest BCUT2D eigenvalue weighted by Gasteiger charge is 2.37. The number of halogens is 1. The van der Waals surface area contributed by atoms with Crippen LogP contribution in [0.1, 0.15) is 40.7 Å². The van der Waals surface area contributed by atoms with Gasteiger partial charge in [0.15, 0.2) is 0 Å². The molecular formula is C25H23BrN2O5S. The second kappa shape index (κ2) is 10.6. The molecule has 2 aromatic rings. The number of hydrogen-bond donors (Lipinski definition) is 0. The van der Waals surface area contributed by atoms with Gasteiger partial charge in [0.1, 0.15) is 12.3 Å². The molecule has 0 N–H and O–H groups in total. The van der Waals surface area contributed by atoms with Crippen LogP contribution in [0.4, 0.5) is 4.79 Å². The molecule has 0 spiro atoms. The van der Waals surface area contributed by atoms with Gasteiger partial charge < -0.3 is 9.64 Å². The fourth-order valence-corrected chi connectivity index (χ4v) is 4.94. The van der Waals surface area contributed by atoms with E-state index in [9.17, 15) is 19.2 Å². The monoisotopic (exact) mass is 542 g/mol. The Balaban J connectivity index is 1.52. The summed E-state index contributed by atoms with van der Waals surface area (Å²) >= 11 is 4.16. The van der Waals surface area contributed by atoms with E-state index in [-0.39, 0.29) is 23.1 Å². The number of amides is 3. The number of thioether (sulfide) groups is 1. The van der Waals surface area contributed by atoms with E-state index in [1.807, 2.05) is 19.1 Å². The van der Waals surface area contributed by atoms with Crippen LogP contribution in [-0.4, -0.2) is 52.5 Å². The molecule has 7 nitrogen and oxygen atoms in total. The van der Waals surface area contributed by atoms with Crippen molar-refractivity contribution in [3.8, 4) is 5.75 Å². The first-order valence-electron chi connectivity index (χ1n) is 10.9. The molecule has 0 radical (unpaired) electrons. The molecule has 0 aliphatic carbocycles. The van der Waals surface area contributed by atoms with Crippen LogP contribution in [0.5, 0.6) is 5.75 Å². The van der Waals surface area contributed by atoms with Crippen LogP contribution in [0.3, 0.4) is 0 Å². The molecule has 0 atom stereocenters. The summed E-state index contributed by atoms with van der Waals surface area (Å²) in [6.45, 7) is 2.96. The van der Waals surface area contributed by atoms with Gasteiger partial charge >= 0.3 is 5.97 Å². The molecule has 2 aliphatic heterocycles. The first-order chi connectivity index (χ1) is 16.3. The first-order valence-corrected chi connectivity index (χ1v) is 12.5. The van der Waals surface area contributed by atoms with Crippen molar-refractivity contribution >= 4 is 56.8 Å². The minimum absolute atomic E-state index is 0.169. The third kappa shape index (κ3) is 5.59. The van der Waals surface area contributed by atoms with Gasteiger partial charge in [-0.3, -0.25) is 19.3 Å². The van der Waals surface area contributed by atoms with Crippen molar-refractivity contribution in [2.24, 2.45) is 0 Å². The van der Waals surface area contributed by atoms with E-state index in [1.54, 1.807) is 35.2 Å². The van der Waals surface area contributed by atoms with E-state index in [4.69, 9.17) is 4.74 Å². The number of piperidine rings is 1. The number of hydrogen-bond acceptors (Lipinski definition) is 6. The Labute approximate surface area is 210 Å². The van der Waals surface area contributed by atoms with E-state index >= 15 is 0 Å². The smallest absolute Gasteiger partial charge is 0.343 e. The SMILES string of the molecule is Cc1ccc(C(=O)Oc2ccc(Br)cc2/C=C2\SC(=O)N(CC(=O)N3CCCCC3)C2=O)cc1. The molecule has 0 aromatic heterocycles. The molecule has 0 saturated carbocycles. The maximum atomic E-state index is 12.9. The average Bonchev–Trinajstić information content (AvgIpc) is 3.09. The standard InChI is InChI=1S/C25H23BrN2O5S/c1-16-5-7-17(8-6-16)24(31)33-20-10-9-19(26)13-18(20)14-21-23(30)28(25(32)34-21)15-22(29)27-11-3-2-4-12-27/h5-10,13-14H,2-4,11-12,15H2,1H3/b21-14-. The Morgan fingerprint density at radius 1 is 1.06 bits per heavy atom. The summed E-state index contributed by atoms with van der Waals surface area (Å²) in [6, 6.07) is 12.0. The van der Waals surface area contributed by atoms with E-state index in [0.29, 0.717) is 28.7 Å². The third-order valence-corrected chi connectivity index (χ3v) is 7.02. The molecule has 0 unspecified atom stereocenters. The lowest BCUT2D eigenvalue weighted by molar-refractivity contribution is -0.136. The predicted molar refractivity (Wildman–Crippen MR) is 133 cm³/mol. The molecule has 2 saturated heterocycles. The number of nitrogens with zero attached hydrogens (tertiary/aromatic N) is 2. The minimum Gasteiger partial charge on any atom is -0.422 e. The minimum atomic E-state index is -0.531. The fourth-order valence-electron chi connectivity index (χ4n) is 3.73. The van der Waals surface area contributed by atoms with Crippen molar-refractivity contribution in [1.82, 2.24) is 9.80 Å². The van der Waals surface area contributed by atoms with E-state index in [2.05, 4.69) is 15.9 Å². The van der Waals surface area contributed by atoms with Gasteiger partial charge in [-0.25, -0.2) is 4.79 Å². The van der Waals surface area contributed by atoms with Gasteiger partial charge in [-0.15, -0.1) is 0 Å². The number of carbonyl (C=O) groups is 4. The second-order valence-electron chi connectivity index (χ2n) is 8.15. The summed E-state index contributed by atoms with van der Waals surface area (Å²) in [5.41, 5.74) is 1.88. The number of aryl methyl sites for hydroxylation is 1. The Bertz CT molecular complexity index is 1170. The zero-order valence-electron chi connectivity index (χ0n) is 18.6. The number of benzene rings is 2. The van der Waals surface area contributed by atoms with Crippen molar-refractivity contribution in [3.05, 3.63) is 68.5 Å². The number of likely N-dealkylation sites (tertiary alicyclic amines) is 1.